The van der Waals surface area contributed by atoms with Crippen LogP contribution in [0.5, 0.6) is 0 Å². The summed E-state index contributed by atoms with van der Waals surface area (Å²) in [7, 11) is -2.94. The maximum Gasteiger partial charge on any atom is 0.466 e. The maximum absolute atomic E-state index is 13.1. The lowest BCUT2D eigenvalue weighted by molar-refractivity contribution is -0.170. The number of nitrogens with zero attached hydrogens (tertiary/aromatic N) is 2. The second-order valence-electron chi connectivity index (χ2n) is 7.11. The molecule has 0 aromatic heterocycles. The summed E-state index contributed by atoms with van der Waals surface area (Å²) in [6, 6.07) is 0. The molecule has 0 atom stereocenters. The van der Waals surface area contributed by atoms with Gasteiger partial charge in [0.2, 0.25) is 0 Å². The fourth-order valence-corrected chi connectivity index (χ4v) is 5.48. The lowest BCUT2D eigenvalue weighted by atomic mass is 9.92. The van der Waals surface area contributed by atoms with Crippen molar-refractivity contribution in [1.82, 2.24) is 5.06 Å². The van der Waals surface area contributed by atoms with E-state index in [4.69, 9.17) is 0 Å². The van der Waals surface area contributed by atoms with Crippen molar-refractivity contribution in [1.29, 1.82) is 0 Å². The molecular formula is C15H20N2O5S. The second-order valence-corrected chi connectivity index (χ2v) is 9.41. The fourth-order valence-electron chi connectivity index (χ4n) is 2.54. The van der Waals surface area contributed by atoms with Gasteiger partial charge in [0, 0.05) is 35.2 Å². The molecule has 0 bridgehead atoms. The van der Waals surface area contributed by atoms with E-state index in [2.05, 4.69) is 21.0 Å². The lowest BCUT2D eigenvalue weighted by Gasteiger charge is -2.21. The standard InChI is InChI=1S/C15H20N2O5S/c1-14(2)7-8-15(3,4)10-23(21,9-14)16-13(20)22-17-11(18)5-6-12(17)19/h5-6,9-10H2,1-4H3. The minimum absolute atomic E-state index is 0.00457. The van der Waals surface area contributed by atoms with Crippen molar-refractivity contribution >= 4 is 27.6 Å². The van der Waals surface area contributed by atoms with Crippen LogP contribution in [0.4, 0.5) is 4.79 Å². The number of imide groups is 1. The van der Waals surface area contributed by atoms with E-state index in [0.29, 0.717) is 5.06 Å². The molecule has 2 heterocycles. The van der Waals surface area contributed by atoms with E-state index < -0.39 is 38.5 Å². The Kier molecular flexibility index (Phi) is 4.28. The highest BCUT2D eigenvalue weighted by Gasteiger charge is 2.36. The van der Waals surface area contributed by atoms with Gasteiger partial charge in [-0.25, -0.2) is 9.00 Å². The van der Waals surface area contributed by atoms with E-state index in [1.165, 1.54) is 0 Å². The first kappa shape index (κ1) is 17.5. The van der Waals surface area contributed by atoms with Crippen molar-refractivity contribution in [3.05, 3.63) is 0 Å². The predicted octanol–water partition coefficient (Wildman–Crippen LogP) is 1.72. The molecule has 0 saturated carbocycles. The minimum atomic E-state index is -2.94. The van der Waals surface area contributed by atoms with E-state index in [1.807, 2.05) is 27.7 Å². The average Bonchev–Trinajstić information content (AvgIpc) is 2.62. The van der Waals surface area contributed by atoms with Gasteiger partial charge in [0.25, 0.3) is 11.8 Å². The maximum atomic E-state index is 13.1. The van der Waals surface area contributed by atoms with Gasteiger partial charge in [-0.3, -0.25) is 9.59 Å². The smallest absolute Gasteiger partial charge is 0.309 e. The summed E-state index contributed by atoms with van der Waals surface area (Å²) in [6.07, 6.45) is -1.20. The first-order chi connectivity index (χ1) is 10.4. The van der Waals surface area contributed by atoms with E-state index in [-0.39, 0.29) is 24.3 Å². The van der Waals surface area contributed by atoms with Crippen molar-refractivity contribution in [2.45, 2.75) is 40.5 Å². The van der Waals surface area contributed by atoms with Gasteiger partial charge in [-0.15, -0.1) is 9.43 Å². The SMILES string of the molecule is CC1(C)C#CC(C)(C)CS(=O)(=NC(=O)ON2C(=O)CCC2=O)C1. The number of hydrogen-bond donors (Lipinski definition) is 0. The van der Waals surface area contributed by atoms with Gasteiger partial charge in [0.15, 0.2) is 0 Å². The number of hydrogen-bond acceptors (Lipinski definition) is 5. The van der Waals surface area contributed by atoms with E-state index >= 15 is 0 Å². The van der Waals surface area contributed by atoms with Crippen LogP contribution in [-0.2, 0) is 24.2 Å². The highest BCUT2D eigenvalue weighted by Crippen LogP contribution is 2.29. The largest absolute Gasteiger partial charge is 0.466 e. The first-order valence-corrected chi connectivity index (χ1v) is 9.11. The van der Waals surface area contributed by atoms with Gasteiger partial charge in [0.05, 0.1) is 9.73 Å². The van der Waals surface area contributed by atoms with Crippen LogP contribution in [0, 0.1) is 22.7 Å². The molecule has 0 aliphatic carbocycles. The molecule has 0 N–H and O–H groups in total. The van der Waals surface area contributed by atoms with E-state index in [9.17, 15) is 18.6 Å². The predicted molar refractivity (Wildman–Crippen MR) is 83.2 cm³/mol. The minimum Gasteiger partial charge on any atom is -0.309 e. The Bertz CT molecular complexity index is 704. The second kappa shape index (κ2) is 5.64. The third-order valence-corrected chi connectivity index (χ3v) is 6.16. The van der Waals surface area contributed by atoms with Gasteiger partial charge in [-0.1, -0.05) is 11.8 Å². The van der Waals surface area contributed by atoms with Crippen LogP contribution in [0.25, 0.3) is 0 Å². The molecule has 2 rings (SSSR count). The summed E-state index contributed by atoms with van der Waals surface area (Å²) >= 11 is 0. The molecule has 0 spiro atoms. The van der Waals surface area contributed by atoms with Crippen molar-refractivity contribution in [3.8, 4) is 11.8 Å². The molecule has 7 nitrogen and oxygen atoms in total. The van der Waals surface area contributed by atoms with Crippen LogP contribution < -0.4 is 0 Å². The molecule has 1 fully saturated rings. The molecule has 2 aliphatic rings. The summed E-state index contributed by atoms with van der Waals surface area (Å²) in [5.74, 6) is 5.17. The van der Waals surface area contributed by atoms with Crippen molar-refractivity contribution < 1.29 is 23.4 Å². The van der Waals surface area contributed by atoms with Gasteiger partial charge in [-0.05, 0) is 27.7 Å². The topological polar surface area (TPSA) is 93.1 Å². The monoisotopic (exact) mass is 340 g/mol. The summed E-state index contributed by atoms with van der Waals surface area (Å²) in [6.45, 7) is 7.32. The molecule has 1 saturated heterocycles. The summed E-state index contributed by atoms with van der Waals surface area (Å²) in [5, 5.41) is 0.401. The molecular weight excluding hydrogens is 320 g/mol. The molecule has 0 aromatic rings. The summed E-state index contributed by atoms with van der Waals surface area (Å²) < 4.78 is 16.8. The lowest BCUT2D eigenvalue weighted by Crippen LogP contribution is -2.32. The number of carbonyl (C=O) groups excluding carboxylic acids is 3. The fraction of sp³-hybridized carbons (Fsp3) is 0.667. The Balaban J connectivity index is 2.26. The van der Waals surface area contributed by atoms with Gasteiger partial charge in [-0.2, -0.15) is 0 Å². The van der Waals surface area contributed by atoms with Crippen molar-refractivity contribution in [2.75, 3.05) is 11.5 Å². The summed E-state index contributed by atoms with van der Waals surface area (Å²) in [4.78, 5) is 39.5. The van der Waals surface area contributed by atoms with Crippen LogP contribution in [-0.4, -0.2) is 38.7 Å². The Morgan fingerprint density at radius 3 is 1.96 bits per heavy atom. The molecule has 2 aliphatic heterocycles. The average molecular weight is 340 g/mol. The normalized spacial score (nSPS) is 24.4. The first-order valence-electron chi connectivity index (χ1n) is 7.26. The number of carbonyl (C=O) groups is 3. The molecule has 0 radical (unpaired) electrons. The van der Waals surface area contributed by atoms with Gasteiger partial charge >= 0.3 is 6.09 Å². The molecule has 8 heteroatoms. The zero-order chi connectivity index (χ0) is 17.5. The van der Waals surface area contributed by atoms with E-state index in [1.54, 1.807) is 0 Å². The molecule has 0 aromatic carbocycles. The van der Waals surface area contributed by atoms with Crippen LogP contribution in [0.2, 0.25) is 0 Å². The summed E-state index contributed by atoms with van der Waals surface area (Å²) in [5.41, 5.74) is -1.12. The zero-order valence-corrected chi connectivity index (χ0v) is 14.5. The highest BCUT2D eigenvalue weighted by molar-refractivity contribution is 7.94. The van der Waals surface area contributed by atoms with Crippen LogP contribution in [0.3, 0.4) is 0 Å². The van der Waals surface area contributed by atoms with Gasteiger partial charge in [0.1, 0.15) is 0 Å². The third-order valence-electron chi connectivity index (χ3n) is 3.33. The third kappa shape index (κ3) is 4.32. The number of amides is 3. The van der Waals surface area contributed by atoms with Gasteiger partial charge < -0.3 is 4.84 Å². The zero-order valence-electron chi connectivity index (χ0n) is 13.7. The van der Waals surface area contributed by atoms with Crippen LogP contribution >= 0.6 is 0 Å². The molecule has 126 valence electrons. The molecule has 3 amide bonds. The quantitative estimate of drug-likeness (QED) is 0.535. The molecule has 23 heavy (non-hydrogen) atoms. The van der Waals surface area contributed by atoms with Crippen LogP contribution in [0.15, 0.2) is 4.36 Å². The Morgan fingerprint density at radius 2 is 1.52 bits per heavy atom. The number of rotatable bonds is 1. The molecule has 0 unspecified atom stereocenters. The Morgan fingerprint density at radius 1 is 1.09 bits per heavy atom. The highest BCUT2D eigenvalue weighted by atomic mass is 32.2. The number of hydroxylamine groups is 2. The van der Waals surface area contributed by atoms with Crippen LogP contribution in [0.1, 0.15) is 40.5 Å². The van der Waals surface area contributed by atoms with E-state index in [0.717, 1.165) is 0 Å². The Hall–Kier alpha value is -1.88. The Labute approximate surface area is 135 Å². The van der Waals surface area contributed by atoms with Crippen molar-refractivity contribution in [2.24, 2.45) is 15.2 Å². The van der Waals surface area contributed by atoms with Crippen molar-refractivity contribution in [3.63, 3.8) is 0 Å².